The average Bonchev–Trinajstić information content (AvgIpc) is 2.47. The van der Waals surface area contributed by atoms with Gasteiger partial charge in [-0.05, 0) is 28.1 Å². The van der Waals surface area contributed by atoms with E-state index >= 15 is 0 Å². The Balaban J connectivity index is 2.90. The molecule has 7 heteroatoms. The van der Waals surface area contributed by atoms with Gasteiger partial charge in [-0.1, -0.05) is 0 Å². The Bertz CT molecular complexity index is 593. The summed E-state index contributed by atoms with van der Waals surface area (Å²) in [4.78, 5) is 3.94. The third-order valence-electron chi connectivity index (χ3n) is 1.70. The Morgan fingerprint density at radius 3 is 2.86 bits per heavy atom. The lowest BCUT2D eigenvalue weighted by atomic mass is 10.5. The Labute approximate surface area is 93.1 Å². The third-order valence-corrected chi connectivity index (χ3v) is 3.60. The molecule has 14 heavy (non-hydrogen) atoms. The number of pyridine rings is 1. The number of aromatic nitrogens is 2. The number of nitrogens with zero attached hydrogens (tertiary/aromatic N) is 2. The monoisotopic (exact) mass is 294 g/mol. The number of imidazole rings is 1. The Hall–Kier alpha value is -0.590. The number of hydrogen-bond donors (Lipinski definition) is 0. The number of rotatable bonds is 1. The van der Waals surface area contributed by atoms with E-state index in [2.05, 4.69) is 20.9 Å². The molecule has 2 aromatic rings. The van der Waals surface area contributed by atoms with E-state index in [0.29, 0.717) is 10.1 Å². The summed E-state index contributed by atoms with van der Waals surface area (Å²) in [6, 6.07) is 3.47. The fourth-order valence-corrected chi connectivity index (χ4v) is 2.48. The molecule has 0 saturated carbocycles. The third kappa shape index (κ3) is 1.53. The van der Waals surface area contributed by atoms with Crippen molar-refractivity contribution in [1.82, 2.24) is 9.38 Å². The van der Waals surface area contributed by atoms with Crippen molar-refractivity contribution in [3.8, 4) is 0 Å². The van der Waals surface area contributed by atoms with Crippen molar-refractivity contribution in [2.24, 2.45) is 0 Å². The zero-order valence-electron chi connectivity index (χ0n) is 6.68. The van der Waals surface area contributed by atoms with Crippen LogP contribution in [0.3, 0.4) is 0 Å². The molecule has 0 amide bonds. The molecule has 0 atom stereocenters. The summed E-state index contributed by atoms with van der Waals surface area (Å²) in [5.41, 5.74) is 0.520. The van der Waals surface area contributed by atoms with Crippen LogP contribution in [0.2, 0.25) is 0 Å². The molecular weight excluding hydrogens is 292 g/mol. The lowest BCUT2D eigenvalue weighted by Crippen LogP contribution is -1.96. The lowest BCUT2D eigenvalue weighted by Gasteiger charge is -1.97. The van der Waals surface area contributed by atoms with Gasteiger partial charge in [0.05, 0.1) is 10.7 Å². The first-order valence-corrected chi connectivity index (χ1v) is 6.66. The van der Waals surface area contributed by atoms with E-state index in [0.717, 1.165) is 0 Å². The molecule has 0 aromatic carbocycles. The maximum absolute atomic E-state index is 11.1. The van der Waals surface area contributed by atoms with E-state index in [1.165, 1.54) is 10.6 Å². The molecule has 0 aliphatic carbocycles. The van der Waals surface area contributed by atoms with Crippen LogP contribution in [0.4, 0.5) is 0 Å². The van der Waals surface area contributed by atoms with Crippen LogP contribution in [0.1, 0.15) is 0 Å². The van der Waals surface area contributed by atoms with Crippen molar-refractivity contribution in [3.63, 3.8) is 0 Å². The summed E-state index contributed by atoms with van der Waals surface area (Å²) in [6.07, 6.45) is 2.81. The lowest BCUT2D eigenvalue weighted by molar-refractivity contribution is 0.605. The van der Waals surface area contributed by atoms with E-state index in [-0.39, 0.29) is 5.03 Å². The second-order valence-corrected chi connectivity index (χ2v) is 5.95. The zero-order chi connectivity index (χ0) is 10.3. The molecule has 74 valence electrons. The number of halogens is 2. The first-order chi connectivity index (χ1) is 6.50. The predicted molar refractivity (Wildman–Crippen MR) is 55.9 cm³/mol. The normalized spacial score (nSPS) is 12.1. The minimum absolute atomic E-state index is 0.0320. The number of hydrogen-bond acceptors (Lipinski definition) is 3. The van der Waals surface area contributed by atoms with Crippen LogP contribution in [0.15, 0.2) is 34.0 Å². The highest BCUT2D eigenvalue weighted by atomic mass is 79.9. The molecule has 2 heterocycles. The maximum Gasteiger partial charge on any atom is 0.278 e. The Morgan fingerprint density at radius 2 is 2.21 bits per heavy atom. The van der Waals surface area contributed by atoms with E-state index in [1.54, 1.807) is 18.3 Å². The van der Waals surface area contributed by atoms with E-state index in [1.807, 2.05) is 0 Å². The Kier molecular flexibility index (Phi) is 2.29. The maximum atomic E-state index is 11.1. The predicted octanol–water partition coefficient (Wildman–Crippen LogP) is 2.02. The standard InChI is InChI=1S/C7H4BrClN2O2S/c8-5-2-1-3-11-6(14(9,12)13)4-10-7(5)11/h1-4H. The molecule has 2 rings (SSSR count). The molecule has 0 unspecified atom stereocenters. The quantitative estimate of drug-likeness (QED) is 0.756. The molecule has 0 fully saturated rings. The van der Waals surface area contributed by atoms with Gasteiger partial charge in [-0.3, -0.25) is 4.40 Å². The van der Waals surface area contributed by atoms with Gasteiger partial charge in [0.1, 0.15) is 0 Å². The SMILES string of the molecule is O=S(=O)(Cl)c1cnc2c(Br)cccn12. The second kappa shape index (κ2) is 3.22. The van der Waals surface area contributed by atoms with E-state index in [9.17, 15) is 8.42 Å². The highest BCUT2D eigenvalue weighted by Gasteiger charge is 2.16. The molecule has 0 aliphatic rings. The van der Waals surface area contributed by atoms with Gasteiger partial charge in [-0.15, -0.1) is 0 Å². The summed E-state index contributed by atoms with van der Waals surface area (Å²) >= 11 is 3.26. The van der Waals surface area contributed by atoms with Crippen LogP contribution < -0.4 is 0 Å². The van der Waals surface area contributed by atoms with Crippen molar-refractivity contribution >= 4 is 41.3 Å². The summed E-state index contributed by atoms with van der Waals surface area (Å²) in [5.74, 6) is 0. The van der Waals surface area contributed by atoms with E-state index < -0.39 is 9.05 Å². The molecular formula is C7H4BrClN2O2S. The van der Waals surface area contributed by atoms with Gasteiger partial charge in [0.25, 0.3) is 9.05 Å². The van der Waals surface area contributed by atoms with Crippen LogP contribution in [-0.4, -0.2) is 17.8 Å². The molecule has 0 saturated heterocycles. The first-order valence-electron chi connectivity index (χ1n) is 3.56. The molecule has 0 radical (unpaired) electrons. The van der Waals surface area contributed by atoms with E-state index in [4.69, 9.17) is 10.7 Å². The van der Waals surface area contributed by atoms with Gasteiger partial charge in [0.15, 0.2) is 10.7 Å². The van der Waals surface area contributed by atoms with Crippen LogP contribution >= 0.6 is 26.6 Å². The molecule has 0 aliphatic heterocycles. The van der Waals surface area contributed by atoms with Crippen LogP contribution in [0.25, 0.3) is 5.65 Å². The molecule has 4 nitrogen and oxygen atoms in total. The van der Waals surface area contributed by atoms with Gasteiger partial charge >= 0.3 is 0 Å². The van der Waals surface area contributed by atoms with Crippen LogP contribution in [-0.2, 0) is 9.05 Å². The van der Waals surface area contributed by atoms with Crippen molar-refractivity contribution < 1.29 is 8.42 Å². The molecule has 0 spiro atoms. The van der Waals surface area contributed by atoms with Crippen molar-refractivity contribution in [3.05, 3.63) is 29.0 Å². The highest BCUT2D eigenvalue weighted by molar-refractivity contribution is 9.10. The summed E-state index contributed by atoms with van der Waals surface area (Å²) in [6.45, 7) is 0. The largest absolute Gasteiger partial charge is 0.289 e. The fourth-order valence-electron chi connectivity index (χ4n) is 1.13. The molecule has 2 aromatic heterocycles. The van der Waals surface area contributed by atoms with Crippen LogP contribution in [0, 0.1) is 0 Å². The van der Waals surface area contributed by atoms with Gasteiger partial charge < -0.3 is 0 Å². The van der Waals surface area contributed by atoms with Gasteiger partial charge in [-0.2, -0.15) is 0 Å². The minimum atomic E-state index is -3.75. The fraction of sp³-hybridized carbons (Fsp3) is 0. The summed E-state index contributed by atoms with van der Waals surface area (Å²) in [5, 5.41) is -0.0320. The van der Waals surface area contributed by atoms with Crippen LogP contribution in [0.5, 0.6) is 0 Å². The minimum Gasteiger partial charge on any atom is -0.289 e. The first kappa shape index (κ1) is 9.95. The highest BCUT2D eigenvalue weighted by Crippen LogP contribution is 2.21. The van der Waals surface area contributed by atoms with Crippen molar-refractivity contribution in [2.75, 3.05) is 0 Å². The van der Waals surface area contributed by atoms with Gasteiger partial charge in [0.2, 0.25) is 0 Å². The van der Waals surface area contributed by atoms with Crippen molar-refractivity contribution in [2.45, 2.75) is 5.03 Å². The number of fused-ring (bicyclic) bond motifs is 1. The molecule has 0 bridgehead atoms. The smallest absolute Gasteiger partial charge is 0.278 e. The Morgan fingerprint density at radius 1 is 1.50 bits per heavy atom. The van der Waals surface area contributed by atoms with Crippen molar-refractivity contribution in [1.29, 1.82) is 0 Å². The van der Waals surface area contributed by atoms with Gasteiger partial charge in [-0.25, -0.2) is 13.4 Å². The van der Waals surface area contributed by atoms with Gasteiger partial charge in [0, 0.05) is 16.9 Å². The zero-order valence-corrected chi connectivity index (χ0v) is 9.84. The second-order valence-electron chi connectivity index (χ2n) is 2.58. The summed E-state index contributed by atoms with van der Waals surface area (Å²) < 4.78 is 24.3. The topological polar surface area (TPSA) is 51.4 Å². The average molecular weight is 296 g/mol. The molecule has 0 N–H and O–H groups in total. The summed E-state index contributed by atoms with van der Waals surface area (Å²) in [7, 11) is 1.48.